The summed E-state index contributed by atoms with van der Waals surface area (Å²) in [5, 5.41) is 4.22. The summed E-state index contributed by atoms with van der Waals surface area (Å²) in [6, 6.07) is 29.3. The SMILES string of the molecule is CN=Cc1[c-]c(N(c2[c-]c(C[N-]C)ccc2)c2ccccc2)ccc1.[Pt]. The zero-order valence-electron chi connectivity index (χ0n) is 14.8. The molecule has 3 rings (SSSR count). The van der Waals surface area contributed by atoms with Gasteiger partial charge in [-0.05, 0) is 17.8 Å². The summed E-state index contributed by atoms with van der Waals surface area (Å²) in [6.07, 6.45) is 1.81. The molecular weight excluding hydrogens is 501 g/mol. The molecular formula is C22H20N3Pt-3. The predicted octanol–water partition coefficient (Wildman–Crippen LogP) is 5.31. The number of hydrogen-bond acceptors (Lipinski definition) is 2. The van der Waals surface area contributed by atoms with E-state index in [1.54, 1.807) is 7.05 Å². The van der Waals surface area contributed by atoms with Gasteiger partial charge in [-0.3, -0.25) is 0 Å². The summed E-state index contributed by atoms with van der Waals surface area (Å²) >= 11 is 0. The van der Waals surface area contributed by atoms with Gasteiger partial charge in [0.05, 0.1) is 0 Å². The molecule has 3 aromatic carbocycles. The maximum Gasteiger partial charge on any atom is 0.0423 e. The molecule has 3 nitrogen and oxygen atoms in total. The largest absolute Gasteiger partial charge is 0.663 e. The van der Waals surface area contributed by atoms with Crippen molar-refractivity contribution in [1.82, 2.24) is 0 Å². The van der Waals surface area contributed by atoms with Gasteiger partial charge in [0.25, 0.3) is 0 Å². The average Bonchev–Trinajstić information content (AvgIpc) is 2.64. The fourth-order valence-corrected chi connectivity index (χ4v) is 2.70. The van der Waals surface area contributed by atoms with Crippen molar-refractivity contribution in [2.45, 2.75) is 6.54 Å². The second kappa shape index (κ2) is 10.1. The van der Waals surface area contributed by atoms with E-state index in [1.807, 2.05) is 61.8 Å². The van der Waals surface area contributed by atoms with Crippen LogP contribution in [0, 0.1) is 12.1 Å². The van der Waals surface area contributed by atoms with Crippen LogP contribution in [0.4, 0.5) is 17.1 Å². The summed E-state index contributed by atoms with van der Waals surface area (Å²) in [7, 11) is 3.58. The van der Waals surface area contributed by atoms with Crippen LogP contribution in [-0.4, -0.2) is 20.3 Å². The van der Waals surface area contributed by atoms with Crippen LogP contribution in [0.25, 0.3) is 5.32 Å². The normalized spacial score (nSPS) is 10.5. The van der Waals surface area contributed by atoms with E-state index in [0.29, 0.717) is 6.54 Å². The minimum absolute atomic E-state index is 0. The Balaban J connectivity index is 0.00000243. The molecule has 0 amide bonds. The molecule has 0 saturated heterocycles. The molecule has 0 radical (unpaired) electrons. The Morgan fingerprint density at radius 3 is 2.31 bits per heavy atom. The third-order valence-electron chi connectivity index (χ3n) is 3.74. The van der Waals surface area contributed by atoms with E-state index in [0.717, 1.165) is 28.2 Å². The fraction of sp³-hybridized carbons (Fsp3) is 0.136. The number of para-hydroxylation sites is 1. The molecule has 0 bridgehead atoms. The molecule has 0 atom stereocenters. The van der Waals surface area contributed by atoms with E-state index >= 15 is 0 Å². The topological polar surface area (TPSA) is 29.7 Å². The van der Waals surface area contributed by atoms with Gasteiger partial charge >= 0.3 is 0 Å². The first-order chi connectivity index (χ1) is 12.3. The fourth-order valence-electron chi connectivity index (χ4n) is 2.70. The van der Waals surface area contributed by atoms with Gasteiger partial charge in [0.1, 0.15) is 0 Å². The van der Waals surface area contributed by atoms with Crippen molar-refractivity contribution in [2.24, 2.45) is 4.99 Å². The summed E-state index contributed by atoms with van der Waals surface area (Å²) < 4.78 is 0. The monoisotopic (exact) mass is 521 g/mol. The third-order valence-corrected chi connectivity index (χ3v) is 3.74. The van der Waals surface area contributed by atoms with E-state index < -0.39 is 0 Å². The zero-order chi connectivity index (χ0) is 17.5. The van der Waals surface area contributed by atoms with Crippen molar-refractivity contribution < 1.29 is 21.1 Å². The Morgan fingerprint density at radius 1 is 0.923 bits per heavy atom. The van der Waals surface area contributed by atoms with Crippen LogP contribution in [0.1, 0.15) is 11.1 Å². The maximum absolute atomic E-state index is 4.22. The second-order valence-electron chi connectivity index (χ2n) is 5.59. The number of nitrogens with zero attached hydrogens (tertiary/aromatic N) is 3. The van der Waals surface area contributed by atoms with Gasteiger partial charge in [0.15, 0.2) is 0 Å². The minimum atomic E-state index is 0. The van der Waals surface area contributed by atoms with Crippen molar-refractivity contribution in [3.05, 3.63) is 95.3 Å². The molecule has 0 aromatic heterocycles. The van der Waals surface area contributed by atoms with E-state index in [9.17, 15) is 0 Å². The average molecular weight is 522 g/mol. The van der Waals surface area contributed by atoms with Crippen LogP contribution in [0.5, 0.6) is 0 Å². The number of benzene rings is 3. The van der Waals surface area contributed by atoms with Gasteiger partial charge in [-0.25, -0.2) is 0 Å². The quantitative estimate of drug-likeness (QED) is 0.320. The van der Waals surface area contributed by atoms with Crippen molar-refractivity contribution in [3.63, 3.8) is 0 Å². The van der Waals surface area contributed by atoms with Crippen LogP contribution in [0.3, 0.4) is 0 Å². The van der Waals surface area contributed by atoms with Crippen LogP contribution >= 0.6 is 0 Å². The summed E-state index contributed by atoms with van der Waals surface area (Å²) in [5.41, 5.74) is 4.98. The number of hydrogen-bond donors (Lipinski definition) is 0. The van der Waals surface area contributed by atoms with E-state index in [4.69, 9.17) is 0 Å². The standard InChI is InChI=1S/C22H20N3.Pt/c1-23-16-18-8-6-12-21(14-18)25(20-10-4-3-5-11-20)22-13-7-9-19(15-22)17-24-2;/h3-13,16H,17H2,1-2H3;/q-3;. The van der Waals surface area contributed by atoms with Crippen molar-refractivity contribution in [2.75, 3.05) is 19.0 Å². The molecule has 0 saturated carbocycles. The Hall–Kier alpha value is -2.22. The minimum Gasteiger partial charge on any atom is -0.663 e. The van der Waals surface area contributed by atoms with Gasteiger partial charge in [-0.2, -0.15) is 30.8 Å². The molecule has 0 fully saturated rings. The number of aliphatic imine (C=N–C) groups is 1. The molecule has 3 aromatic rings. The first-order valence-corrected chi connectivity index (χ1v) is 8.18. The molecule has 4 heteroatoms. The molecule has 0 unspecified atom stereocenters. The first kappa shape index (κ1) is 20.1. The molecule has 26 heavy (non-hydrogen) atoms. The van der Waals surface area contributed by atoms with E-state index in [2.05, 4.69) is 45.5 Å². The third kappa shape index (κ3) is 4.91. The predicted molar refractivity (Wildman–Crippen MR) is 105 cm³/mol. The molecule has 0 aliphatic carbocycles. The summed E-state index contributed by atoms with van der Waals surface area (Å²) in [5.74, 6) is 0. The van der Waals surface area contributed by atoms with Gasteiger partial charge in [0, 0.05) is 33.8 Å². The number of anilines is 3. The van der Waals surface area contributed by atoms with E-state index in [1.165, 1.54) is 0 Å². The molecule has 136 valence electrons. The van der Waals surface area contributed by atoms with Gasteiger partial charge in [-0.1, -0.05) is 30.1 Å². The summed E-state index contributed by atoms with van der Waals surface area (Å²) in [4.78, 5) is 6.24. The van der Waals surface area contributed by atoms with Gasteiger partial charge in [-0.15, -0.1) is 42.4 Å². The molecule has 0 aliphatic rings. The zero-order valence-corrected chi connectivity index (χ0v) is 17.1. The van der Waals surface area contributed by atoms with Crippen molar-refractivity contribution >= 4 is 23.3 Å². The van der Waals surface area contributed by atoms with Gasteiger partial charge in [0.2, 0.25) is 0 Å². The maximum atomic E-state index is 4.22. The van der Waals surface area contributed by atoms with Gasteiger partial charge < -0.3 is 15.2 Å². The second-order valence-corrected chi connectivity index (χ2v) is 5.59. The van der Waals surface area contributed by atoms with Crippen LogP contribution in [0.15, 0.2) is 71.7 Å². The Morgan fingerprint density at radius 2 is 1.62 bits per heavy atom. The van der Waals surface area contributed by atoms with Crippen LogP contribution in [0.2, 0.25) is 0 Å². The molecule has 0 N–H and O–H groups in total. The first-order valence-electron chi connectivity index (χ1n) is 8.18. The van der Waals surface area contributed by atoms with Crippen LogP contribution < -0.4 is 4.90 Å². The van der Waals surface area contributed by atoms with Crippen LogP contribution in [-0.2, 0) is 27.6 Å². The van der Waals surface area contributed by atoms with Crippen molar-refractivity contribution in [3.8, 4) is 0 Å². The molecule has 0 spiro atoms. The molecule has 0 heterocycles. The number of rotatable bonds is 6. The molecule has 0 aliphatic heterocycles. The Labute approximate surface area is 170 Å². The summed E-state index contributed by atoms with van der Waals surface area (Å²) in [6.45, 7) is 0.655. The smallest absolute Gasteiger partial charge is 0.0423 e. The Bertz CT molecular complexity index is 847. The van der Waals surface area contributed by atoms with E-state index in [-0.39, 0.29) is 21.1 Å². The Kier molecular flexibility index (Phi) is 7.77. The van der Waals surface area contributed by atoms with Crippen molar-refractivity contribution in [1.29, 1.82) is 0 Å².